The van der Waals surface area contributed by atoms with Crippen LogP contribution in [0.2, 0.25) is 0 Å². The predicted octanol–water partition coefficient (Wildman–Crippen LogP) is 4.23. The highest BCUT2D eigenvalue weighted by Gasteiger charge is 2.07. The van der Waals surface area contributed by atoms with Gasteiger partial charge in [0, 0.05) is 31.3 Å². The number of carbonyl (C=O) groups is 1. The van der Waals surface area contributed by atoms with Gasteiger partial charge in [-0.3, -0.25) is 4.79 Å². The summed E-state index contributed by atoms with van der Waals surface area (Å²) in [5.74, 6) is -0.252. The van der Waals surface area contributed by atoms with E-state index in [1.54, 1.807) is 12.1 Å². The molecule has 0 N–H and O–H groups in total. The van der Waals surface area contributed by atoms with Gasteiger partial charge in [-0.1, -0.05) is 17.7 Å². The van der Waals surface area contributed by atoms with E-state index in [9.17, 15) is 9.18 Å². The SMILES string of the molecule is Cc1ccc(N(C)CCCC(=O)c2ccc(F)cc2)cc1. The molecule has 0 saturated heterocycles. The van der Waals surface area contributed by atoms with Gasteiger partial charge in [-0.05, 0) is 49.7 Å². The lowest BCUT2D eigenvalue weighted by Crippen LogP contribution is -2.19. The Morgan fingerprint density at radius 3 is 2.29 bits per heavy atom. The van der Waals surface area contributed by atoms with E-state index < -0.39 is 0 Å². The van der Waals surface area contributed by atoms with Gasteiger partial charge in [0.25, 0.3) is 0 Å². The van der Waals surface area contributed by atoms with E-state index in [-0.39, 0.29) is 11.6 Å². The van der Waals surface area contributed by atoms with Gasteiger partial charge in [0.1, 0.15) is 5.82 Å². The molecule has 0 atom stereocenters. The minimum atomic E-state index is -0.314. The van der Waals surface area contributed by atoms with E-state index >= 15 is 0 Å². The van der Waals surface area contributed by atoms with E-state index in [1.165, 1.54) is 17.7 Å². The van der Waals surface area contributed by atoms with Crippen LogP contribution in [0.25, 0.3) is 0 Å². The number of carbonyl (C=O) groups excluding carboxylic acids is 1. The second kappa shape index (κ2) is 7.02. The van der Waals surface area contributed by atoms with Crippen LogP contribution in [-0.2, 0) is 0 Å². The molecule has 0 saturated carbocycles. The molecule has 2 rings (SSSR count). The van der Waals surface area contributed by atoms with Crippen molar-refractivity contribution in [3.8, 4) is 0 Å². The highest BCUT2D eigenvalue weighted by Crippen LogP contribution is 2.14. The number of nitrogens with zero attached hydrogens (tertiary/aromatic N) is 1. The first kappa shape index (κ1) is 15.2. The largest absolute Gasteiger partial charge is 0.375 e. The fourth-order valence-electron chi connectivity index (χ4n) is 2.19. The molecule has 0 amide bonds. The maximum atomic E-state index is 12.8. The molecule has 0 radical (unpaired) electrons. The van der Waals surface area contributed by atoms with Crippen molar-refractivity contribution in [3.05, 3.63) is 65.5 Å². The molecule has 110 valence electrons. The van der Waals surface area contributed by atoms with Crippen molar-refractivity contribution >= 4 is 11.5 Å². The number of Topliss-reactive ketones (excluding diaryl/α,β-unsaturated/α-hetero) is 1. The van der Waals surface area contributed by atoms with Crippen molar-refractivity contribution in [2.75, 3.05) is 18.5 Å². The molecule has 21 heavy (non-hydrogen) atoms. The van der Waals surface area contributed by atoms with Crippen molar-refractivity contribution in [2.24, 2.45) is 0 Å². The van der Waals surface area contributed by atoms with E-state index in [4.69, 9.17) is 0 Å². The average molecular weight is 285 g/mol. The molecule has 0 spiro atoms. The van der Waals surface area contributed by atoms with Gasteiger partial charge in [-0.2, -0.15) is 0 Å². The average Bonchev–Trinajstić information content (AvgIpc) is 2.48. The summed E-state index contributed by atoms with van der Waals surface area (Å²) >= 11 is 0. The summed E-state index contributed by atoms with van der Waals surface area (Å²) < 4.78 is 12.8. The summed E-state index contributed by atoms with van der Waals surface area (Å²) in [5, 5.41) is 0. The van der Waals surface area contributed by atoms with Crippen molar-refractivity contribution in [1.29, 1.82) is 0 Å². The molecule has 0 heterocycles. The van der Waals surface area contributed by atoms with Gasteiger partial charge in [-0.25, -0.2) is 4.39 Å². The van der Waals surface area contributed by atoms with Crippen LogP contribution in [0, 0.1) is 12.7 Å². The zero-order valence-corrected chi connectivity index (χ0v) is 12.5. The van der Waals surface area contributed by atoms with E-state index in [0.717, 1.165) is 18.7 Å². The standard InChI is InChI=1S/C18H20FNO/c1-14-5-11-17(12-6-14)20(2)13-3-4-18(21)15-7-9-16(19)10-8-15/h5-12H,3-4,13H2,1-2H3. The first-order valence-corrected chi connectivity index (χ1v) is 7.13. The van der Waals surface area contributed by atoms with Crippen LogP contribution in [0.5, 0.6) is 0 Å². The lowest BCUT2D eigenvalue weighted by molar-refractivity contribution is 0.0980. The summed E-state index contributed by atoms with van der Waals surface area (Å²) in [5.41, 5.74) is 2.96. The number of halogens is 1. The third kappa shape index (κ3) is 4.42. The summed E-state index contributed by atoms with van der Waals surface area (Å²) in [7, 11) is 2.02. The Bertz CT molecular complexity index is 590. The number of hydrogen-bond acceptors (Lipinski definition) is 2. The fourth-order valence-corrected chi connectivity index (χ4v) is 2.19. The molecule has 2 aromatic rings. The molecular weight excluding hydrogens is 265 g/mol. The van der Waals surface area contributed by atoms with Gasteiger partial charge in [0.15, 0.2) is 5.78 Å². The monoisotopic (exact) mass is 285 g/mol. The Balaban J connectivity index is 1.82. The highest BCUT2D eigenvalue weighted by molar-refractivity contribution is 5.95. The molecule has 2 nitrogen and oxygen atoms in total. The van der Waals surface area contributed by atoms with Crippen LogP contribution in [0.4, 0.5) is 10.1 Å². The van der Waals surface area contributed by atoms with Crippen LogP contribution < -0.4 is 4.90 Å². The zero-order valence-electron chi connectivity index (χ0n) is 12.5. The van der Waals surface area contributed by atoms with Gasteiger partial charge in [0.05, 0.1) is 0 Å². The van der Waals surface area contributed by atoms with E-state index in [1.807, 2.05) is 7.05 Å². The minimum absolute atomic E-state index is 0.0623. The second-order valence-corrected chi connectivity index (χ2v) is 5.29. The predicted molar refractivity (Wildman–Crippen MR) is 84.4 cm³/mol. The number of anilines is 1. The molecule has 0 bridgehead atoms. The number of hydrogen-bond donors (Lipinski definition) is 0. The molecule has 0 aromatic heterocycles. The van der Waals surface area contributed by atoms with Crippen molar-refractivity contribution in [1.82, 2.24) is 0 Å². The fraction of sp³-hybridized carbons (Fsp3) is 0.278. The third-order valence-electron chi connectivity index (χ3n) is 3.54. The molecule has 2 aromatic carbocycles. The molecule has 0 unspecified atom stereocenters. The van der Waals surface area contributed by atoms with E-state index in [2.05, 4.69) is 36.1 Å². The highest BCUT2D eigenvalue weighted by atomic mass is 19.1. The topological polar surface area (TPSA) is 20.3 Å². The number of rotatable bonds is 6. The maximum Gasteiger partial charge on any atom is 0.162 e. The van der Waals surface area contributed by atoms with Crippen LogP contribution >= 0.6 is 0 Å². The van der Waals surface area contributed by atoms with Gasteiger partial charge in [-0.15, -0.1) is 0 Å². The Morgan fingerprint density at radius 2 is 1.67 bits per heavy atom. The van der Waals surface area contributed by atoms with Gasteiger partial charge < -0.3 is 4.90 Å². The molecular formula is C18H20FNO. The van der Waals surface area contributed by atoms with Crippen molar-refractivity contribution in [3.63, 3.8) is 0 Å². The normalized spacial score (nSPS) is 10.4. The first-order chi connectivity index (χ1) is 10.1. The Hall–Kier alpha value is -2.16. The Labute approximate surface area is 125 Å². The van der Waals surface area contributed by atoms with Crippen LogP contribution in [-0.4, -0.2) is 19.4 Å². The smallest absolute Gasteiger partial charge is 0.162 e. The molecule has 0 aliphatic carbocycles. The molecule has 0 aliphatic heterocycles. The quantitative estimate of drug-likeness (QED) is 0.740. The molecule has 0 aliphatic rings. The lowest BCUT2D eigenvalue weighted by Gasteiger charge is -2.19. The molecule has 3 heteroatoms. The number of ketones is 1. The van der Waals surface area contributed by atoms with Crippen molar-refractivity contribution < 1.29 is 9.18 Å². The lowest BCUT2D eigenvalue weighted by atomic mass is 10.1. The van der Waals surface area contributed by atoms with Gasteiger partial charge >= 0.3 is 0 Å². The minimum Gasteiger partial charge on any atom is -0.375 e. The number of benzene rings is 2. The van der Waals surface area contributed by atoms with Gasteiger partial charge in [0.2, 0.25) is 0 Å². The van der Waals surface area contributed by atoms with Crippen LogP contribution in [0.15, 0.2) is 48.5 Å². The van der Waals surface area contributed by atoms with Crippen molar-refractivity contribution in [2.45, 2.75) is 19.8 Å². The summed E-state index contributed by atoms with van der Waals surface area (Å²) in [6, 6.07) is 14.1. The van der Waals surface area contributed by atoms with E-state index in [0.29, 0.717) is 12.0 Å². The van der Waals surface area contributed by atoms with Crippen LogP contribution in [0.1, 0.15) is 28.8 Å². The summed E-state index contributed by atoms with van der Waals surface area (Å²) in [6.45, 7) is 2.88. The Kier molecular flexibility index (Phi) is 5.09. The third-order valence-corrected chi connectivity index (χ3v) is 3.54. The first-order valence-electron chi connectivity index (χ1n) is 7.13. The number of aryl methyl sites for hydroxylation is 1. The van der Waals surface area contributed by atoms with Crippen LogP contribution in [0.3, 0.4) is 0 Å². The molecule has 0 fully saturated rings. The Morgan fingerprint density at radius 1 is 1.05 bits per heavy atom. The second-order valence-electron chi connectivity index (χ2n) is 5.29. The summed E-state index contributed by atoms with van der Waals surface area (Å²) in [6.07, 6.45) is 1.25. The zero-order chi connectivity index (χ0) is 15.2. The summed E-state index contributed by atoms with van der Waals surface area (Å²) in [4.78, 5) is 14.1. The maximum absolute atomic E-state index is 12.8.